The maximum Gasteiger partial charge on any atom is 0.411 e. The molecule has 3 aromatic carbocycles. The second kappa shape index (κ2) is 12.4. The number of ether oxygens (including phenoxy) is 3. The van der Waals surface area contributed by atoms with Crippen LogP contribution in [-0.4, -0.2) is 34.1 Å². The molecule has 0 saturated heterocycles. The smallest absolute Gasteiger partial charge is 0.411 e. The van der Waals surface area contributed by atoms with Gasteiger partial charge in [0.15, 0.2) is 5.54 Å². The molecule has 2 unspecified atom stereocenters. The predicted molar refractivity (Wildman–Crippen MR) is 168 cm³/mol. The lowest BCUT2D eigenvalue weighted by Gasteiger charge is -2.35. The molecule has 5 rings (SSSR count). The summed E-state index contributed by atoms with van der Waals surface area (Å²) in [5.74, 6) is -0.674. The van der Waals surface area contributed by atoms with E-state index in [4.69, 9.17) is 14.2 Å². The molecule has 2 heterocycles. The van der Waals surface area contributed by atoms with Crippen LogP contribution in [0, 0.1) is 0 Å². The van der Waals surface area contributed by atoms with Gasteiger partial charge < -0.3 is 14.2 Å². The Morgan fingerprint density at radius 3 is 1.86 bits per heavy atom. The number of fused-ring (bicyclic) bond motifs is 2. The fourth-order valence-corrected chi connectivity index (χ4v) is 5.34. The monoisotopic (exact) mass is 600 g/mol. The number of benzene rings is 3. The summed E-state index contributed by atoms with van der Waals surface area (Å²) in [6, 6.07) is 25.0. The number of esters is 2. The molecule has 8 nitrogen and oxygen atoms in total. The van der Waals surface area contributed by atoms with Gasteiger partial charge in [0.1, 0.15) is 23.3 Å². The summed E-state index contributed by atoms with van der Waals surface area (Å²) in [6.07, 6.45) is -0.539. The molecule has 0 aromatic heterocycles. The van der Waals surface area contributed by atoms with Gasteiger partial charge in [0, 0.05) is 6.54 Å². The molecule has 2 aliphatic heterocycles. The second-order valence-corrected chi connectivity index (χ2v) is 13.5. The lowest BCUT2D eigenvalue weighted by Crippen LogP contribution is -2.50. The summed E-state index contributed by atoms with van der Waals surface area (Å²) in [5.41, 5.74) is 1.72. The molecule has 1 amide bonds. The highest BCUT2D eigenvalue weighted by molar-refractivity contribution is 5.89. The molecule has 234 valence electrons. The van der Waals surface area contributed by atoms with Crippen molar-refractivity contribution >= 4 is 18.0 Å². The van der Waals surface area contributed by atoms with Gasteiger partial charge >= 0.3 is 18.0 Å². The molecule has 0 aliphatic carbocycles. The van der Waals surface area contributed by atoms with Crippen LogP contribution in [0.15, 0.2) is 78.9 Å². The quantitative estimate of drug-likeness (QED) is 0.262. The SMILES string of the molecule is CC(C)(C)OC(=O)C1(C)NCc2ccccc21.CC(C)(C)OC(=O)C1(C)c2ccccc2CN1C(=O)OCc1ccccc1. The van der Waals surface area contributed by atoms with Gasteiger partial charge in [-0.25, -0.2) is 14.4 Å². The van der Waals surface area contributed by atoms with E-state index in [0.29, 0.717) is 13.1 Å². The Bertz CT molecular complexity index is 1510. The predicted octanol–water partition coefficient (Wildman–Crippen LogP) is 6.74. The van der Waals surface area contributed by atoms with Gasteiger partial charge in [0.05, 0.1) is 6.54 Å². The van der Waals surface area contributed by atoms with Crippen molar-refractivity contribution in [3.8, 4) is 0 Å². The van der Waals surface area contributed by atoms with Crippen molar-refractivity contribution in [2.45, 2.75) is 97.4 Å². The van der Waals surface area contributed by atoms with Crippen LogP contribution in [-0.2, 0) is 54.6 Å². The normalized spacial score (nSPS) is 20.5. The molecule has 0 radical (unpaired) electrons. The van der Waals surface area contributed by atoms with Crippen LogP contribution in [0.4, 0.5) is 4.79 Å². The molecular formula is C36H44N2O6. The highest BCUT2D eigenvalue weighted by atomic mass is 16.6. The summed E-state index contributed by atoms with van der Waals surface area (Å²) in [7, 11) is 0. The van der Waals surface area contributed by atoms with Gasteiger partial charge in [-0.05, 0) is 83.2 Å². The number of carbonyl (C=O) groups is 3. The average Bonchev–Trinajstić information content (AvgIpc) is 3.47. The van der Waals surface area contributed by atoms with Gasteiger partial charge in [-0.15, -0.1) is 0 Å². The molecule has 0 bridgehead atoms. The van der Waals surface area contributed by atoms with E-state index >= 15 is 0 Å². The first-order chi connectivity index (χ1) is 20.5. The third kappa shape index (κ3) is 7.13. The summed E-state index contributed by atoms with van der Waals surface area (Å²) < 4.78 is 16.6. The highest BCUT2D eigenvalue weighted by Gasteiger charge is 2.52. The van der Waals surface area contributed by atoms with Crippen LogP contribution in [0.25, 0.3) is 0 Å². The van der Waals surface area contributed by atoms with Crippen LogP contribution in [0.2, 0.25) is 0 Å². The third-order valence-corrected chi connectivity index (χ3v) is 7.63. The Labute approximate surface area is 260 Å². The molecule has 2 atom stereocenters. The Balaban J connectivity index is 0.000000223. The third-order valence-electron chi connectivity index (χ3n) is 7.63. The van der Waals surface area contributed by atoms with Crippen molar-refractivity contribution < 1.29 is 28.6 Å². The molecule has 0 saturated carbocycles. The van der Waals surface area contributed by atoms with Crippen LogP contribution >= 0.6 is 0 Å². The first-order valence-electron chi connectivity index (χ1n) is 14.9. The molecule has 1 N–H and O–H groups in total. The fourth-order valence-electron chi connectivity index (χ4n) is 5.34. The maximum absolute atomic E-state index is 13.1. The van der Waals surface area contributed by atoms with Crippen LogP contribution in [0.1, 0.15) is 83.2 Å². The number of amides is 1. The van der Waals surface area contributed by atoms with E-state index in [9.17, 15) is 14.4 Å². The number of nitrogens with zero attached hydrogens (tertiary/aromatic N) is 1. The van der Waals surface area contributed by atoms with Crippen molar-refractivity contribution in [2.24, 2.45) is 0 Å². The standard InChI is InChI=1S/C22H25NO4.C14H19NO2/c1-21(2,3)27-19(24)22(4)18-13-9-8-12-17(18)14-23(22)20(25)26-15-16-10-6-5-7-11-16;1-13(2,3)17-12(16)14(4)11-8-6-5-7-10(11)9-15-14/h5-13H,14-15H2,1-4H3;5-8,15H,9H2,1-4H3. The molecule has 44 heavy (non-hydrogen) atoms. The first kappa shape index (κ1) is 32.7. The van der Waals surface area contributed by atoms with E-state index < -0.39 is 34.3 Å². The molecular weight excluding hydrogens is 556 g/mol. The lowest BCUT2D eigenvalue weighted by molar-refractivity contribution is -0.168. The van der Waals surface area contributed by atoms with Crippen LogP contribution < -0.4 is 5.32 Å². The Kier molecular flexibility index (Phi) is 9.26. The Hall–Kier alpha value is -4.17. The molecule has 8 heteroatoms. The van der Waals surface area contributed by atoms with E-state index in [0.717, 1.165) is 22.3 Å². The maximum atomic E-state index is 13.1. The van der Waals surface area contributed by atoms with Crippen LogP contribution in [0.3, 0.4) is 0 Å². The van der Waals surface area contributed by atoms with Crippen molar-refractivity contribution in [3.05, 3.63) is 107 Å². The summed E-state index contributed by atoms with van der Waals surface area (Å²) in [5, 5.41) is 3.25. The van der Waals surface area contributed by atoms with Crippen molar-refractivity contribution in [1.82, 2.24) is 10.2 Å². The first-order valence-corrected chi connectivity index (χ1v) is 14.9. The minimum absolute atomic E-state index is 0.150. The largest absolute Gasteiger partial charge is 0.458 e. The van der Waals surface area contributed by atoms with E-state index in [1.165, 1.54) is 10.5 Å². The molecule has 2 aliphatic rings. The van der Waals surface area contributed by atoms with Gasteiger partial charge in [-0.2, -0.15) is 0 Å². The van der Waals surface area contributed by atoms with E-state index in [2.05, 4.69) is 5.32 Å². The molecule has 0 spiro atoms. The number of rotatable bonds is 4. The number of nitrogens with one attached hydrogen (secondary N) is 1. The van der Waals surface area contributed by atoms with Crippen molar-refractivity contribution in [1.29, 1.82) is 0 Å². The highest BCUT2D eigenvalue weighted by Crippen LogP contribution is 2.41. The van der Waals surface area contributed by atoms with E-state index in [1.807, 2.05) is 127 Å². The zero-order valence-corrected chi connectivity index (χ0v) is 27.0. The van der Waals surface area contributed by atoms with Gasteiger partial charge in [-0.3, -0.25) is 10.2 Å². The summed E-state index contributed by atoms with van der Waals surface area (Å²) in [6.45, 7) is 15.9. The minimum Gasteiger partial charge on any atom is -0.458 e. The summed E-state index contributed by atoms with van der Waals surface area (Å²) >= 11 is 0. The van der Waals surface area contributed by atoms with Gasteiger partial charge in [0.25, 0.3) is 0 Å². The average molecular weight is 601 g/mol. The van der Waals surface area contributed by atoms with Crippen molar-refractivity contribution in [3.63, 3.8) is 0 Å². The Morgan fingerprint density at radius 2 is 1.25 bits per heavy atom. The zero-order chi connectivity index (χ0) is 32.3. The van der Waals surface area contributed by atoms with Crippen LogP contribution in [0.5, 0.6) is 0 Å². The zero-order valence-electron chi connectivity index (χ0n) is 27.0. The minimum atomic E-state index is -1.22. The topological polar surface area (TPSA) is 94.2 Å². The Morgan fingerprint density at radius 1 is 0.727 bits per heavy atom. The second-order valence-electron chi connectivity index (χ2n) is 13.5. The van der Waals surface area contributed by atoms with Gasteiger partial charge in [0.2, 0.25) is 0 Å². The number of carbonyl (C=O) groups excluding carboxylic acids is 3. The van der Waals surface area contributed by atoms with Crippen molar-refractivity contribution in [2.75, 3.05) is 0 Å². The fraction of sp³-hybridized carbons (Fsp3) is 0.417. The van der Waals surface area contributed by atoms with Gasteiger partial charge in [-0.1, -0.05) is 78.9 Å². The molecule has 3 aromatic rings. The summed E-state index contributed by atoms with van der Waals surface area (Å²) in [4.78, 5) is 39.6. The van der Waals surface area contributed by atoms with E-state index in [1.54, 1.807) is 6.92 Å². The molecule has 0 fully saturated rings. The number of hydrogen-bond donors (Lipinski definition) is 1. The lowest BCUT2D eigenvalue weighted by atomic mass is 9.91. The number of hydrogen-bond acceptors (Lipinski definition) is 7. The van der Waals surface area contributed by atoms with E-state index in [-0.39, 0.29) is 12.6 Å².